The smallest absolute Gasteiger partial charge is 0.194 e. The Morgan fingerprint density at radius 3 is 2.78 bits per heavy atom. The van der Waals surface area contributed by atoms with E-state index in [1.807, 2.05) is 13.0 Å². The Balaban J connectivity index is 2.41. The summed E-state index contributed by atoms with van der Waals surface area (Å²) in [4.78, 5) is 14.8. The molecule has 0 amide bonds. The first kappa shape index (κ1) is 11.5. The van der Waals surface area contributed by atoms with Crippen LogP contribution in [0.25, 0.3) is 10.9 Å². The number of rotatable bonds is 0. The Hall–Kier alpha value is -1.61. The Bertz CT molecular complexity index is 685. The quantitative estimate of drug-likeness (QED) is 0.704. The molecule has 3 rings (SSSR count). The molecule has 2 heterocycles. The van der Waals surface area contributed by atoms with Crippen LogP contribution in [0.4, 0.5) is 0 Å². The molecule has 0 aliphatic carbocycles. The van der Waals surface area contributed by atoms with E-state index in [-0.39, 0.29) is 5.43 Å². The summed E-state index contributed by atoms with van der Waals surface area (Å²) < 4.78 is 2.19. The number of aryl methyl sites for hydroxylation is 2. The van der Waals surface area contributed by atoms with E-state index in [1.54, 1.807) is 0 Å². The molecule has 0 saturated carbocycles. The number of hydrogen-bond donors (Lipinski definition) is 0. The normalized spacial score (nSPS) is 15.9. The number of hydrogen-bond acceptors (Lipinski definition) is 2. The van der Waals surface area contributed by atoms with Crippen molar-refractivity contribution in [1.82, 2.24) is 9.47 Å². The fourth-order valence-corrected chi connectivity index (χ4v) is 2.89. The highest BCUT2D eigenvalue weighted by atomic mass is 16.1. The first-order valence-corrected chi connectivity index (χ1v) is 6.37. The second kappa shape index (κ2) is 3.95. The van der Waals surface area contributed by atoms with Gasteiger partial charge in [-0.05, 0) is 26.1 Å². The van der Waals surface area contributed by atoms with Gasteiger partial charge in [0.05, 0.1) is 5.52 Å². The van der Waals surface area contributed by atoms with E-state index in [1.165, 1.54) is 5.69 Å². The third-order valence-corrected chi connectivity index (χ3v) is 3.94. The lowest BCUT2D eigenvalue weighted by atomic mass is 10.0. The Morgan fingerprint density at radius 2 is 2.00 bits per heavy atom. The van der Waals surface area contributed by atoms with Crippen LogP contribution in [0.1, 0.15) is 16.8 Å². The van der Waals surface area contributed by atoms with Crippen LogP contribution in [-0.2, 0) is 20.0 Å². The molecule has 0 fully saturated rings. The van der Waals surface area contributed by atoms with Gasteiger partial charge in [-0.1, -0.05) is 11.6 Å². The number of likely N-dealkylation sites (N-methyl/N-ethyl adjacent to an activating group) is 1. The molecule has 0 bridgehead atoms. The van der Waals surface area contributed by atoms with E-state index >= 15 is 0 Å². The Morgan fingerprint density at radius 1 is 1.22 bits per heavy atom. The van der Waals surface area contributed by atoms with Crippen molar-refractivity contribution in [3.8, 4) is 0 Å². The van der Waals surface area contributed by atoms with Gasteiger partial charge in [-0.25, -0.2) is 0 Å². The highest BCUT2D eigenvalue weighted by molar-refractivity contribution is 5.81. The molecule has 94 valence electrons. The molecule has 18 heavy (non-hydrogen) atoms. The molecule has 2 aromatic rings. The maximum absolute atomic E-state index is 12.6. The standard InChI is InChI=1S/C15H18N2O/c1-10-4-5-13-11(8-10)15(18)12-9-16(2)7-6-14(12)17(13)3/h4-5,8H,6-7,9H2,1-3H3. The van der Waals surface area contributed by atoms with Gasteiger partial charge in [0.25, 0.3) is 0 Å². The fraction of sp³-hybridized carbons (Fsp3) is 0.400. The Labute approximate surface area is 107 Å². The summed E-state index contributed by atoms with van der Waals surface area (Å²) in [5.74, 6) is 0. The third-order valence-electron chi connectivity index (χ3n) is 3.94. The third kappa shape index (κ3) is 1.58. The lowest BCUT2D eigenvalue weighted by molar-refractivity contribution is 0.306. The Kier molecular flexibility index (Phi) is 2.52. The number of aromatic nitrogens is 1. The zero-order chi connectivity index (χ0) is 12.9. The van der Waals surface area contributed by atoms with Gasteiger partial charge in [0, 0.05) is 43.2 Å². The van der Waals surface area contributed by atoms with E-state index in [2.05, 4.69) is 35.7 Å². The maximum atomic E-state index is 12.6. The highest BCUT2D eigenvalue weighted by Gasteiger charge is 2.20. The van der Waals surface area contributed by atoms with Crippen molar-refractivity contribution in [2.75, 3.05) is 13.6 Å². The van der Waals surface area contributed by atoms with E-state index in [4.69, 9.17) is 0 Å². The van der Waals surface area contributed by atoms with Gasteiger partial charge < -0.3 is 9.47 Å². The van der Waals surface area contributed by atoms with Gasteiger partial charge in [-0.2, -0.15) is 0 Å². The van der Waals surface area contributed by atoms with Gasteiger partial charge in [0.15, 0.2) is 5.43 Å². The molecular formula is C15H18N2O. The van der Waals surface area contributed by atoms with Crippen molar-refractivity contribution in [3.63, 3.8) is 0 Å². The van der Waals surface area contributed by atoms with E-state index in [0.29, 0.717) is 0 Å². The van der Waals surface area contributed by atoms with Crippen LogP contribution in [0, 0.1) is 6.92 Å². The van der Waals surface area contributed by atoms with E-state index in [0.717, 1.165) is 41.5 Å². The SMILES string of the molecule is Cc1ccc2c(c1)c(=O)c1c(n2C)CCN(C)C1. The average molecular weight is 242 g/mol. The molecular weight excluding hydrogens is 224 g/mol. The van der Waals surface area contributed by atoms with Crippen molar-refractivity contribution in [2.24, 2.45) is 7.05 Å². The van der Waals surface area contributed by atoms with Crippen LogP contribution in [0.2, 0.25) is 0 Å². The summed E-state index contributed by atoms with van der Waals surface area (Å²) in [6.45, 7) is 3.83. The minimum Gasteiger partial charge on any atom is -0.347 e. The van der Waals surface area contributed by atoms with Crippen LogP contribution >= 0.6 is 0 Å². The molecule has 0 saturated heterocycles. The van der Waals surface area contributed by atoms with E-state index in [9.17, 15) is 4.79 Å². The second-order valence-corrected chi connectivity index (χ2v) is 5.32. The van der Waals surface area contributed by atoms with Crippen molar-refractivity contribution < 1.29 is 0 Å². The summed E-state index contributed by atoms with van der Waals surface area (Å²) in [5, 5.41) is 0.853. The van der Waals surface area contributed by atoms with Gasteiger partial charge in [-0.15, -0.1) is 0 Å². The van der Waals surface area contributed by atoms with Gasteiger partial charge in [-0.3, -0.25) is 4.79 Å². The van der Waals surface area contributed by atoms with Crippen molar-refractivity contribution in [2.45, 2.75) is 19.9 Å². The van der Waals surface area contributed by atoms with Gasteiger partial charge >= 0.3 is 0 Å². The summed E-state index contributed by atoms with van der Waals surface area (Å²) in [5.41, 5.74) is 4.59. The molecule has 0 radical (unpaired) electrons. The molecule has 0 spiro atoms. The van der Waals surface area contributed by atoms with Crippen LogP contribution in [0.15, 0.2) is 23.0 Å². The van der Waals surface area contributed by atoms with Crippen LogP contribution in [0.3, 0.4) is 0 Å². The number of benzene rings is 1. The predicted octanol–water partition coefficient (Wildman–Crippen LogP) is 1.83. The molecule has 1 aromatic heterocycles. The summed E-state index contributed by atoms with van der Waals surface area (Å²) in [6.07, 6.45) is 0.960. The number of nitrogens with zero attached hydrogens (tertiary/aromatic N) is 2. The lowest BCUT2D eigenvalue weighted by Crippen LogP contribution is -2.33. The molecule has 0 N–H and O–H groups in total. The minimum atomic E-state index is 0.216. The van der Waals surface area contributed by atoms with Crippen molar-refractivity contribution in [3.05, 3.63) is 45.2 Å². The molecule has 1 aliphatic heterocycles. The molecule has 1 aromatic carbocycles. The number of pyridine rings is 1. The fourth-order valence-electron chi connectivity index (χ4n) is 2.89. The van der Waals surface area contributed by atoms with Gasteiger partial charge in [0.1, 0.15) is 0 Å². The van der Waals surface area contributed by atoms with Crippen LogP contribution in [-0.4, -0.2) is 23.1 Å². The average Bonchev–Trinajstić information content (AvgIpc) is 2.35. The summed E-state index contributed by atoms with van der Waals surface area (Å²) in [7, 11) is 4.14. The van der Waals surface area contributed by atoms with Gasteiger partial charge in [0.2, 0.25) is 0 Å². The highest BCUT2D eigenvalue weighted by Crippen LogP contribution is 2.20. The molecule has 3 heteroatoms. The molecule has 3 nitrogen and oxygen atoms in total. The molecule has 0 atom stereocenters. The summed E-state index contributed by atoms with van der Waals surface area (Å²) in [6, 6.07) is 6.14. The number of fused-ring (bicyclic) bond motifs is 2. The van der Waals surface area contributed by atoms with Crippen LogP contribution < -0.4 is 5.43 Å². The second-order valence-electron chi connectivity index (χ2n) is 5.32. The predicted molar refractivity (Wildman–Crippen MR) is 74.0 cm³/mol. The van der Waals surface area contributed by atoms with Crippen molar-refractivity contribution >= 4 is 10.9 Å². The first-order valence-electron chi connectivity index (χ1n) is 6.37. The van der Waals surface area contributed by atoms with Crippen molar-refractivity contribution in [1.29, 1.82) is 0 Å². The van der Waals surface area contributed by atoms with Crippen LogP contribution in [0.5, 0.6) is 0 Å². The minimum absolute atomic E-state index is 0.216. The monoisotopic (exact) mass is 242 g/mol. The maximum Gasteiger partial charge on any atom is 0.194 e. The lowest BCUT2D eigenvalue weighted by Gasteiger charge is -2.27. The molecule has 0 unspecified atom stereocenters. The topological polar surface area (TPSA) is 25.2 Å². The zero-order valence-electron chi connectivity index (χ0n) is 11.2. The molecule has 1 aliphatic rings. The first-order chi connectivity index (χ1) is 8.58. The van der Waals surface area contributed by atoms with E-state index < -0.39 is 0 Å². The zero-order valence-corrected chi connectivity index (χ0v) is 11.2. The largest absolute Gasteiger partial charge is 0.347 e. The summed E-state index contributed by atoms with van der Waals surface area (Å²) >= 11 is 0.